The second kappa shape index (κ2) is 6.58. The summed E-state index contributed by atoms with van der Waals surface area (Å²) in [6.07, 6.45) is 4.45. The zero-order chi connectivity index (χ0) is 14.7. The van der Waals surface area contributed by atoms with Crippen molar-refractivity contribution in [2.75, 3.05) is 19.7 Å². The average Bonchev–Trinajstić information content (AvgIpc) is 3.02. The molecule has 4 nitrogen and oxygen atoms in total. The van der Waals surface area contributed by atoms with Crippen molar-refractivity contribution in [3.8, 4) is 0 Å². The summed E-state index contributed by atoms with van der Waals surface area (Å²) in [7, 11) is 0. The van der Waals surface area contributed by atoms with E-state index in [-0.39, 0.29) is 18.1 Å². The maximum absolute atomic E-state index is 12.0. The van der Waals surface area contributed by atoms with E-state index in [4.69, 9.17) is 4.74 Å². The van der Waals surface area contributed by atoms with Gasteiger partial charge in [-0.3, -0.25) is 4.79 Å². The molecule has 0 aliphatic carbocycles. The molecule has 3 rings (SSSR count). The minimum Gasteiger partial charge on any atom is -0.376 e. The predicted octanol–water partition coefficient (Wildman–Crippen LogP) is 2.19. The molecule has 0 radical (unpaired) electrons. The Morgan fingerprint density at radius 2 is 2.38 bits per heavy atom. The molecule has 2 aliphatic rings. The molecular formula is C17H24N2O2. The van der Waals surface area contributed by atoms with Gasteiger partial charge in [-0.1, -0.05) is 19.1 Å². The summed E-state index contributed by atoms with van der Waals surface area (Å²) in [5.74, 6) is 0.0553. The first kappa shape index (κ1) is 14.5. The molecule has 1 aromatic carbocycles. The van der Waals surface area contributed by atoms with Crippen LogP contribution in [0.25, 0.3) is 0 Å². The molecule has 2 atom stereocenters. The Morgan fingerprint density at radius 3 is 3.14 bits per heavy atom. The van der Waals surface area contributed by atoms with Crippen molar-refractivity contribution in [2.45, 2.75) is 44.8 Å². The summed E-state index contributed by atoms with van der Waals surface area (Å²) in [4.78, 5) is 12.0. The number of amides is 1. The second-order valence-electron chi connectivity index (χ2n) is 5.91. The van der Waals surface area contributed by atoms with Crippen molar-refractivity contribution in [3.05, 3.63) is 34.9 Å². The molecule has 2 unspecified atom stereocenters. The first-order valence-electron chi connectivity index (χ1n) is 8.05. The van der Waals surface area contributed by atoms with E-state index in [1.54, 1.807) is 0 Å². The summed E-state index contributed by atoms with van der Waals surface area (Å²) in [5, 5.41) is 6.52. The number of benzene rings is 1. The second-order valence-corrected chi connectivity index (χ2v) is 5.91. The molecule has 1 amide bonds. The van der Waals surface area contributed by atoms with Gasteiger partial charge in [-0.05, 0) is 49.4 Å². The van der Waals surface area contributed by atoms with E-state index in [1.807, 2.05) is 0 Å². The lowest BCUT2D eigenvalue weighted by Crippen LogP contribution is -2.34. The Balaban J connectivity index is 1.87. The number of hydrogen-bond donors (Lipinski definition) is 2. The standard InChI is InChI=1S/C17H24N2O2/c1-2-8-18-16(15-4-3-10-21-15)13-6-5-12-7-9-19-17(20)14(12)11-13/h5-6,11,15-16,18H,2-4,7-10H2,1H3,(H,19,20). The van der Waals surface area contributed by atoms with Crippen LogP contribution in [-0.4, -0.2) is 31.7 Å². The van der Waals surface area contributed by atoms with Gasteiger partial charge in [-0.25, -0.2) is 0 Å². The maximum Gasteiger partial charge on any atom is 0.251 e. The fraction of sp³-hybridized carbons (Fsp3) is 0.588. The number of nitrogens with one attached hydrogen (secondary N) is 2. The molecule has 1 aromatic rings. The first-order valence-corrected chi connectivity index (χ1v) is 8.05. The van der Waals surface area contributed by atoms with Crippen LogP contribution < -0.4 is 10.6 Å². The molecule has 0 saturated carbocycles. The summed E-state index contributed by atoms with van der Waals surface area (Å²) in [6.45, 7) is 4.72. The van der Waals surface area contributed by atoms with Gasteiger partial charge in [0.05, 0.1) is 12.1 Å². The van der Waals surface area contributed by atoms with Gasteiger partial charge in [-0.2, -0.15) is 0 Å². The molecule has 21 heavy (non-hydrogen) atoms. The highest BCUT2D eigenvalue weighted by Crippen LogP contribution is 2.29. The lowest BCUT2D eigenvalue weighted by atomic mass is 9.92. The van der Waals surface area contributed by atoms with Crippen LogP contribution >= 0.6 is 0 Å². The van der Waals surface area contributed by atoms with Gasteiger partial charge >= 0.3 is 0 Å². The third kappa shape index (κ3) is 3.11. The number of hydrogen-bond acceptors (Lipinski definition) is 3. The Kier molecular flexibility index (Phi) is 4.56. The van der Waals surface area contributed by atoms with Crippen molar-refractivity contribution >= 4 is 5.91 Å². The Hall–Kier alpha value is -1.39. The van der Waals surface area contributed by atoms with Crippen molar-refractivity contribution < 1.29 is 9.53 Å². The zero-order valence-corrected chi connectivity index (χ0v) is 12.7. The van der Waals surface area contributed by atoms with E-state index in [9.17, 15) is 4.79 Å². The molecular weight excluding hydrogens is 264 g/mol. The number of fused-ring (bicyclic) bond motifs is 1. The monoisotopic (exact) mass is 288 g/mol. The quantitative estimate of drug-likeness (QED) is 0.873. The summed E-state index contributed by atoms with van der Waals surface area (Å²) in [5.41, 5.74) is 3.16. The van der Waals surface area contributed by atoms with Crippen LogP contribution in [0.2, 0.25) is 0 Å². The largest absolute Gasteiger partial charge is 0.376 e. The van der Waals surface area contributed by atoms with Crippen LogP contribution in [0.3, 0.4) is 0 Å². The molecule has 0 bridgehead atoms. The molecule has 2 aliphatic heterocycles. The predicted molar refractivity (Wildman–Crippen MR) is 82.5 cm³/mol. The van der Waals surface area contributed by atoms with Crippen molar-refractivity contribution in [2.24, 2.45) is 0 Å². The van der Waals surface area contributed by atoms with Crippen molar-refractivity contribution in [3.63, 3.8) is 0 Å². The van der Waals surface area contributed by atoms with E-state index >= 15 is 0 Å². The fourth-order valence-electron chi connectivity index (χ4n) is 3.25. The van der Waals surface area contributed by atoms with Crippen LogP contribution in [0, 0.1) is 0 Å². The van der Waals surface area contributed by atoms with E-state index in [0.29, 0.717) is 0 Å². The molecule has 2 N–H and O–H groups in total. The number of carbonyl (C=O) groups excluding carboxylic acids is 1. The summed E-state index contributed by atoms with van der Waals surface area (Å²) in [6, 6.07) is 6.51. The Morgan fingerprint density at radius 1 is 1.48 bits per heavy atom. The Bertz CT molecular complexity index is 510. The van der Waals surface area contributed by atoms with E-state index in [1.165, 1.54) is 5.56 Å². The molecule has 2 heterocycles. The third-order valence-corrected chi connectivity index (χ3v) is 4.37. The van der Waals surface area contributed by atoms with Crippen LogP contribution in [0.5, 0.6) is 0 Å². The molecule has 4 heteroatoms. The van der Waals surface area contributed by atoms with Gasteiger partial charge in [0.25, 0.3) is 5.91 Å². The highest BCUT2D eigenvalue weighted by molar-refractivity contribution is 5.96. The molecule has 1 fully saturated rings. The van der Waals surface area contributed by atoms with Crippen molar-refractivity contribution in [1.29, 1.82) is 0 Å². The van der Waals surface area contributed by atoms with Crippen molar-refractivity contribution in [1.82, 2.24) is 10.6 Å². The topological polar surface area (TPSA) is 50.4 Å². The van der Waals surface area contributed by atoms with E-state index in [0.717, 1.165) is 56.5 Å². The van der Waals surface area contributed by atoms with Gasteiger partial charge in [-0.15, -0.1) is 0 Å². The molecule has 1 saturated heterocycles. The van der Waals surface area contributed by atoms with Crippen LogP contribution in [0.15, 0.2) is 18.2 Å². The van der Waals surface area contributed by atoms with E-state index in [2.05, 4.69) is 35.8 Å². The molecule has 114 valence electrons. The Labute approximate surface area is 126 Å². The van der Waals surface area contributed by atoms with Gasteiger partial charge in [0.1, 0.15) is 0 Å². The highest BCUT2D eigenvalue weighted by Gasteiger charge is 2.28. The SMILES string of the molecule is CCCNC(c1ccc2c(c1)C(=O)NCC2)C1CCCO1. The highest BCUT2D eigenvalue weighted by atomic mass is 16.5. The maximum atomic E-state index is 12.0. The van der Waals surface area contributed by atoms with Crippen LogP contribution in [0.4, 0.5) is 0 Å². The number of carbonyl (C=O) groups is 1. The lowest BCUT2D eigenvalue weighted by Gasteiger charge is -2.26. The van der Waals surface area contributed by atoms with Gasteiger partial charge in [0.15, 0.2) is 0 Å². The minimum absolute atomic E-state index is 0.0553. The zero-order valence-electron chi connectivity index (χ0n) is 12.7. The van der Waals surface area contributed by atoms with Crippen LogP contribution in [-0.2, 0) is 11.2 Å². The van der Waals surface area contributed by atoms with E-state index < -0.39 is 0 Å². The van der Waals surface area contributed by atoms with Crippen LogP contribution in [0.1, 0.15) is 53.7 Å². The minimum atomic E-state index is 0.0553. The fourth-order valence-corrected chi connectivity index (χ4v) is 3.25. The molecule has 0 spiro atoms. The average molecular weight is 288 g/mol. The summed E-state index contributed by atoms with van der Waals surface area (Å²) >= 11 is 0. The third-order valence-electron chi connectivity index (χ3n) is 4.37. The van der Waals surface area contributed by atoms with Gasteiger partial charge < -0.3 is 15.4 Å². The smallest absolute Gasteiger partial charge is 0.251 e. The van der Waals surface area contributed by atoms with Gasteiger partial charge in [0, 0.05) is 18.7 Å². The normalized spacial score (nSPS) is 22.7. The summed E-state index contributed by atoms with van der Waals surface area (Å²) < 4.78 is 5.87. The first-order chi connectivity index (χ1) is 10.3. The molecule has 0 aromatic heterocycles. The lowest BCUT2D eigenvalue weighted by molar-refractivity contribution is 0.0781. The van der Waals surface area contributed by atoms with Gasteiger partial charge in [0.2, 0.25) is 0 Å². The number of rotatable bonds is 5. The number of ether oxygens (including phenoxy) is 1.